The van der Waals surface area contributed by atoms with E-state index in [1.165, 1.54) is 64.5 Å². The standard InChI is InChI=1S/C13H24N2/c1-2-6-11(5-1)15-10-9-14-12-7-3-4-8-13(12)15/h11-14H,1-10H2/t12-,13-/m1/s1. The highest BCUT2D eigenvalue weighted by Gasteiger charge is 2.36. The van der Waals surface area contributed by atoms with Crippen molar-refractivity contribution in [2.45, 2.75) is 69.5 Å². The van der Waals surface area contributed by atoms with Crippen LogP contribution in [-0.4, -0.2) is 36.1 Å². The van der Waals surface area contributed by atoms with E-state index in [0.717, 1.165) is 18.1 Å². The molecule has 1 aliphatic heterocycles. The molecular formula is C13H24N2. The Morgan fingerprint density at radius 2 is 1.60 bits per heavy atom. The second kappa shape index (κ2) is 4.42. The highest BCUT2D eigenvalue weighted by molar-refractivity contribution is 4.95. The van der Waals surface area contributed by atoms with Crippen molar-refractivity contribution in [3.8, 4) is 0 Å². The Balaban J connectivity index is 1.69. The number of piperazine rings is 1. The third kappa shape index (κ3) is 1.94. The van der Waals surface area contributed by atoms with Gasteiger partial charge in [0.2, 0.25) is 0 Å². The molecule has 0 unspecified atom stereocenters. The van der Waals surface area contributed by atoms with Crippen LogP contribution in [0.3, 0.4) is 0 Å². The van der Waals surface area contributed by atoms with Gasteiger partial charge in [-0.3, -0.25) is 4.90 Å². The highest BCUT2D eigenvalue weighted by Crippen LogP contribution is 2.32. The quantitative estimate of drug-likeness (QED) is 0.710. The summed E-state index contributed by atoms with van der Waals surface area (Å²) >= 11 is 0. The van der Waals surface area contributed by atoms with E-state index in [-0.39, 0.29) is 0 Å². The molecule has 86 valence electrons. The van der Waals surface area contributed by atoms with Crippen molar-refractivity contribution in [2.75, 3.05) is 13.1 Å². The van der Waals surface area contributed by atoms with Gasteiger partial charge in [-0.15, -0.1) is 0 Å². The van der Waals surface area contributed by atoms with E-state index in [9.17, 15) is 0 Å². The van der Waals surface area contributed by atoms with E-state index in [2.05, 4.69) is 10.2 Å². The summed E-state index contributed by atoms with van der Waals surface area (Å²) in [4.78, 5) is 2.87. The smallest absolute Gasteiger partial charge is 0.0252 e. The van der Waals surface area contributed by atoms with Crippen molar-refractivity contribution in [1.29, 1.82) is 0 Å². The second-order valence-corrected chi connectivity index (χ2v) is 5.59. The molecular weight excluding hydrogens is 184 g/mol. The third-order valence-corrected chi connectivity index (χ3v) is 4.73. The van der Waals surface area contributed by atoms with E-state index in [1.807, 2.05) is 0 Å². The van der Waals surface area contributed by atoms with Crippen molar-refractivity contribution in [3.63, 3.8) is 0 Å². The van der Waals surface area contributed by atoms with Gasteiger partial charge in [0, 0.05) is 31.2 Å². The van der Waals surface area contributed by atoms with Crippen LogP contribution in [0.5, 0.6) is 0 Å². The van der Waals surface area contributed by atoms with Crippen LogP contribution in [0.25, 0.3) is 0 Å². The summed E-state index contributed by atoms with van der Waals surface area (Å²) in [5.41, 5.74) is 0. The molecule has 3 fully saturated rings. The average Bonchev–Trinajstić information content (AvgIpc) is 2.82. The van der Waals surface area contributed by atoms with E-state index in [1.54, 1.807) is 0 Å². The maximum atomic E-state index is 3.73. The first kappa shape index (κ1) is 10.1. The number of nitrogens with one attached hydrogen (secondary N) is 1. The number of hydrogen-bond donors (Lipinski definition) is 1. The SMILES string of the molecule is C1CCC(N2CCN[C@@H]3CCCC[C@H]32)C1. The Hall–Kier alpha value is -0.0800. The monoisotopic (exact) mass is 208 g/mol. The van der Waals surface area contributed by atoms with Crippen molar-refractivity contribution >= 4 is 0 Å². The van der Waals surface area contributed by atoms with Crippen LogP contribution in [0.2, 0.25) is 0 Å². The summed E-state index contributed by atoms with van der Waals surface area (Å²) in [6, 6.07) is 2.65. The molecule has 3 aliphatic rings. The fraction of sp³-hybridized carbons (Fsp3) is 1.00. The molecule has 0 amide bonds. The fourth-order valence-corrected chi connectivity index (χ4v) is 3.98. The largest absolute Gasteiger partial charge is 0.311 e. The van der Waals surface area contributed by atoms with Crippen molar-refractivity contribution in [3.05, 3.63) is 0 Å². The lowest BCUT2D eigenvalue weighted by molar-refractivity contribution is 0.0513. The van der Waals surface area contributed by atoms with Gasteiger partial charge in [0.25, 0.3) is 0 Å². The van der Waals surface area contributed by atoms with E-state index >= 15 is 0 Å². The lowest BCUT2D eigenvalue weighted by Crippen LogP contribution is -2.61. The number of fused-ring (bicyclic) bond motifs is 1. The van der Waals surface area contributed by atoms with Gasteiger partial charge in [0.1, 0.15) is 0 Å². The average molecular weight is 208 g/mol. The number of nitrogens with zero attached hydrogens (tertiary/aromatic N) is 1. The van der Waals surface area contributed by atoms with E-state index in [0.29, 0.717) is 0 Å². The van der Waals surface area contributed by atoms with Gasteiger partial charge < -0.3 is 5.32 Å². The topological polar surface area (TPSA) is 15.3 Å². The van der Waals surface area contributed by atoms with Crippen LogP contribution in [0.1, 0.15) is 51.4 Å². The minimum absolute atomic E-state index is 0.827. The maximum Gasteiger partial charge on any atom is 0.0252 e. The molecule has 1 N–H and O–H groups in total. The van der Waals surface area contributed by atoms with Gasteiger partial charge in [0.15, 0.2) is 0 Å². The zero-order chi connectivity index (χ0) is 10.1. The Morgan fingerprint density at radius 3 is 2.47 bits per heavy atom. The molecule has 1 heterocycles. The van der Waals surface area contributed by atoms with Gasteiger partial charge in [-0.25, -0.2) is 0 Å². The summed E-state index contributed by atoms with van der Waals surface area (Å²) in [5, 5.41) is 3.73. The molecule has 15 heavy (non-hydrogen) atoms. The highest BCUT2D eigenvalue weighted by atomic mass is 15.3. The number of rotatable bonds is 1. The summed E-state index contributed by atoms with van der Waals surface area (Å²) in [6.45, 7) is 2.55. The summed E-state index contributed by atoms with van der Waals surface area (Å²) < 4.78 is 0. The Labute approximate surface area is 93.4 Å². The molecule has 3 rings (SSSR count). The summed E-state index contributed by atoms with van der Waals surface area (Å²) in [7, 11) is 0. The fourth-order valence-electron chi connectivity index (χ4n) is 3.98. The van der Waals surface area contributed by atoms with E-state index in [4.69, 9.17) is 0 Å². The van der Waals surface area contributed by atoms with Crippen LogP contribution >= 0.6 is 0 Å². The first-order valence-electron chi connectivity index (χ1n) is 6.94. The van der Waals surface area contributed by atoms with E-state index < -0.39 is 0 Å². The van der Waals surface area contributed by atoms with Gasteiger partial charge in [0.05, 0.1) is 0 Å². The van der Waals surface area contributed by atoms with Crippen LogP contribution in [0.4, 0.5) is 0 Å². The Morgan fingerprint density at radius 1 is 0.867 bits per heavy atom. The molecule has 2 saturated carbocycles. The van der Waals surface area contributed by atoms with Crippen LogP contribution < -0.4 is 5.32 Å². The van der Waals surface area contributed by atoms with Gasteiger partial charge in [-0.1, -0.05) is 25.7 Å². The van der Waals surface area contributed by atoms with Crippen LogP contribution in [0.15, 0.2) is 0 Å². The van der Waals surface area contributed by atoms with Gasteiger partial charge >= 0.3 is 0 Å². The first-order chi connectivity index (χ1) is 7.45. The predicted molar refractivity (Wildman–Crippen MR) is 63.0 cm³/mol. The molecule has 0 aromatic rings. The van der Waals surface area contributed by atoms with Crippen LogP contribution in [-0.2, 0) is 0 Å². The molecule has 0 spiro atoms. The molecule has 2 heteroatoms. The van der Waals surface area contributed by atoms with Crippen molar-refractivity contribution in [2.24, 2.45) is 0 Å². The molecule has 1 saturated heterocycles. The molecule has 2 aliphatic carbocycles. The van der Waals surface area contributed by atoms with Crippen molar-refractivity contribution < 1.29 is 0 Å². The van der Waals surface area contributed by atoms with Gasteiger partial charge in [-0.2, -0.15) is 0 Å². The second-order valence-electron chi connectivity index (χ2n) is 5.59. The molecule has 0 aromatic carbocycles. The van der Waals surface area contributed by atoms with Crippen molar-refractivity contribution in [1.82, 2.24) is 10.2 Å². The lowest BCUT2D eigenvalue weighted by Gasteiger charge is -2.47. The lowest BCUT2D eigenvalue weighted by atomic mass is 9.86. The number of hydrogen-bond acceptors (Lipinski definition) is 2. The maximum absolute atomic E-state index is 3.73. The zero-order valence-electron chi connectivity index (χ0n) is 9.75. The molecule has 0 bridgehead atoms. The Kier molecular flexibility index (Phi) is 2.98. The Bertz CT molecular complexity index is 209. The molecule has 0 aromatic heterocycles. The molecule has 0 radical (unpaired) electrons. The van der Waals surface area contributed by atoms with Gasteiger partial charge in [-0.05, 0) is 25.7 Å². The molecule has 2 nitrogen and oxygen atoms in total. The molecule has 2 atom stereocenters. The zero-order valence-corrected chi connectivity index (χ0v) is 9.75. The van der Waals surface area contributed by atoms with Crippen LogP contribution in [0, 0.1) is 0 Å². The third-order valence-electron chi connectivity index (χ3n) is 4.73. The minimum Gasteiger partial charge on any atom is -0.311 e. The summed E-state index contributed by atoms with van der Waals surface area (Å²) in [6.07, 6.45) is 11.7. The predicted octanol–water partition coefficient (Wildman–Crippen LogP) is 2.15. The minimum atomic E-state index is 0.827. The summed E-state index contributed by atoms with van der Waals surface area (Å²) in [5.74, 6) is 0. The normalized spacial score (nSPS) is 39.2. The first-order valence-corrected chi connectivity index (χ1v) is 6.94.